The van der Waals surface area contributed by atoms with Gasteiger partial charge in [0, 0.05) is 44.7 Å². The lowest BCUT2D eigenvalue weighted by Crippen LogP contribution is -2.45. The molecule has 1 aliphatic carbocycles. The number of rotatable bonds is 10. The molecule has 0 unspecified atom stereocenters. The minimum Gasteiger partial charge on any atom is -0.353 e. The molecule has 2 heterocycles. The SMILES string of the molecule is O=C(CCCn1c(=O)c2ccccc2n(CC(=O)NC2CCCC2)c1=O)NC1CCN(Cc2ccccc2)CC1. The summed E-state index contributed by atoms with van der Waals surface area (Å²) in [4.78, 5) is 54.4. The summed E-state index contributed by atoms with van der Waals surface area (Å²) >= 11 is 0. The molecule has 3 aromatic rings. The summed E-state index contributed by atoms with van der Waals surface area (Å²) in [5, 5.41) is 6.54. The van der Waals surface area contributed by atoms with Crippen molar-refractivity contribution in [3.8, 4) is 0 Å². The third-order valence-electron chi connectivity index (χ3n) is 8.14. The number of fused-ring (bicyclic) bond motifs is 1. The molecule has 212 valence electrons. The quantitative estimate of drug-likeness (QED) is 0.408. The van der Waals surface area contributed by atoms with E-state index in [0.717, 1.165) is 58.2 Å². The molecule has 9 nitrogen and oxygen atoms in total. The molecule has 1 aliphatic heterocycles. The average molecular weight is 546 g/mol. The van der Waals surface area contributed by atoms with Gasteiger partial charge in [0.15, 0.2) is 0 Å². The lowest BCUT2D eigenvalue weighted by Gasteiger charge is -2.32. The van der Waals surface area contributed by atoms with E-state index in [4.69, 9.17) is 0 Å². The number of benzene rings is 2. The Morgan fingerprint density at radius 2 is 1.43 bits per heavy atom. The first kappa shape index (κ1) is 27.8. The van der Waals surface area contributed by atoms with Crippen molar-refractivity contribution < 1.29 is 9.59 Å². The van der Waals surface area contributed by atoms with Gasteiger partial charge in [-0.05, 0) is 49.8 Å². The molecule has 40 heavy (non-hydrogen) atoms. The zero-order chi connectivity index (χ0) is 27.9. The molecule has 0 atom stereocenters. The standard InChI is InChI=1S/C31H39N5O4/c37-28(32-25-16-19-34(20-17-25)21-23-9-2-1-3-10-23)15-8-18-35-30(39)26-13-6-7-14-27(26)36(31(35)40)22-29(38)33-24-11-4-5-12-24/h1-3,6-7,9-10,13-14,24-25H,4-5,8,11-12,15-22H2,(H,32,37)(H,33,38). The zero-order valence-electron chi connectivity index (χ0n) is 23.0. The second-order valence-electron chi connectivity index (χ2n) is 11.1. The van der Waals surface area contributed by atoms with Crippen LogP contribution in [0.5, 0.6) is 0 Å². The van der Waals surface area contributed by atoms with Crippen LogP contribution in [-0.2, 0) is 29.2 Å². The molecular formula is C31H39N5O4. The lowest BCUT2D eigenvalue weighted by molar-refractivity contribution is -0.123. The number of nitrogens with zero attached hydrogens (tertiary/aromatic N) is 3. The summed E-state index contributed by atoms with van der Waals surface area (Å²) in [6.07, 6.45) is 6.49. The molecule has 9 heteroatoms. The second-order valence-corrected chi connectivity index (χ2v) is 11.1. The molecule has 5 rings (SSSR count). The molecular weight excluding hydrogens is 506 g/mol. The van der Waals surface area contributed by atoms with E-state index in [9.17, 15) is 19.2 Å². The van der Waals surface area contributed by atoms with Crippen molar-refractivity contribution in [1.82, 2.24) is 24.7 Å². The Kier molecular flexibility index (Phi) is 9.11. The van der Waals surface area contributed by atoms with Crippen molar-refractivity contribution in [1.29, 1.82) is 0 Å². The summed E-state index contributed by atoms with van der Waals surface area (Å²) in [5.74, 6) is -0.287. The predicted octanol–water partition coefficient (Wildman–Crippen LogP) is 2.78. The number of carbonyl (C=O) groups excluding carboxylic acids is 2. The molecule has 1 saturated carbocycles. The van der Waals surface area contributed by atoms with Crippen molar-refractivity contribution in [2.45, 2.75) is 83.1 Å². The van der Waals surface area contributed by atoms with Gasteiger partial charge in [-0.25, -0.2) is 4.79 Å². The van der Waals surface area contributed by atoms with Crippen LogP contribution >= 0.6 is 0 Å². The van der Waals surface area contributed by atoms with Gasteiger partial charge >= 0.3 is 5.69 Å². The van der Waals surface area contributed by atoms with Gasteiger partial charge in [-0.15, -0.1) is 0 Å². The van der Waals surface area contributed by atoms with Gasteiger partial charge in [0.25, 0.3) is 5.56 Å². The van der Waals surface area contributed by atoms with E-state index < -0.39 is 5.69 Å². The molecule has 2 amide bonds. The summed E-state index contributed by atoms with van der Waals surface area (Å²) in [7, 11) is 0. The molecule has 2 fully saturated rings. The topological polar surface area (TPSA) is 105 Å². The van der Waals surface area contributed by atoms with E-state index in [1.165, 1.54) is 14.7 Å². The van der Waals surface area contributed by atoms with Gasteiger partial charge in [0.1, 0.15) is 6.54 Å². The van der Waals surface area contributed by atoms with Crippen LogP contribution in [0.15, 0.2) is 64.2 Å². The summed E-state index contributed by atoms with van der Waals surface area (Å²) < 4.78 is 2.55. The van der Waals surface area contributed by atoms with Gasteiger partial charge in [-0.1, -0.05) is 55.3 Å². The normalized spacial score (nSPS) is 16.8. The lowest BCUT2D eigenvalue weighted by atomic mass is 10.0. The second kappa shape index (κ2) is 13.1. The third-order valence-corrected chi connectivity index (χ3v) is 8.14. The largest absolute Gasteiger partial charge is 0.353 e. The maximum atomic E-state index is 13.4. The summed E-state index contributed by atoms with van der Waals surface area (Å²) in [6, 6.07) is 17.6. The smallest absolute Gasteiger partial charge is 0.331 e. The van der Waals surface area contributed by atoms with Crippen molar-refractivity contribution in [3.05, 3.63) is 81.0 Å². The number of amides is 2. The van der Waals surface area contributed by atoms with Crippen LogP contribution < -0.4 is 21.9 Å². The van der Waals surface area contributed by atoms with Gasteiger partial charge in [-0.3, -0.25) is 28.4 Å². The maximum absolute atomic E-state index is 13.4. The highest BCUT2D eigenvalue weighted by Gasteiger charge is 2.22. The average Bonchev–Trinajstić information content (AvgIpc) is 3.47. The number of hydrogen-bond donors (Lipinski definition) is 2. The van der Waals surface area contributed by atoms with Crippen LogP contribution in [0.25, 0.3) is 10.9 Å². The number of aromatic nitrogens is 2. The fraction of sp³-hybridized carbons (Fsp3) is 0.484. The van der Waals surface area contributed by atoms with Gasteiger partial charge < -0.3 is 10.6 Å². The van der Waals surface area contributed by atoms with Gasteiger partial charge in [0.05, 0.1) is 10.9 Å². The van der Waals surface area contributed by atoms with Crippen LogP contribution in [0.3, 0.4) is 0 Å². The Morgan fingerprint density at radius 1 is 0.775 bits per heavy atom. The highest BCUT2D eigenvalue weighted by Crippen LogP contribution is 2.18. The Morgan fingerprint density at radius 3 is 2.17 bits per heavy atom. The van der Waals surface area contributed by atoms with Crippen molar-refractivity contribution >= 4 is 22.7 Å². The summed E-state index contributed by atoms with van der Waals surface area (Å²) in [6.45, 7) is 2.76. The zero-order valence-corrected chi connectivity index (χ0v) is 23.0. The molecule has 0 radical (unpaired) electrons. The van der Waals surface area contributed by atoms with E-state index in [2.05, 4.69) is 39.8 Å². The Bertz CT molecular complexity index is 1430. The number of para-hydroxylation sites is 1. The van der Waals surface area contributed by atoms with Crippen LogP contribution in [0.2, 0.25) is 0 Å². The third kappa shape index (κ3) is 6.88. The van der Waals surface area contributed by atoms with E-state index >= 15 is 0 Å². The van der Waals surface area contributed by atoms with Crippen molar-refractivity contribution in [3.63, 3.8) is 0 Å². The van der Waals surface area contributed by atoms with Gasteiger partial charge in [0.2, 0.25) is 11.8 Å². The van der Waals surface area contributed by atoms with E-state index in [1.807, 2.05) is 6.07 Å². The molecule has 2 aliphatic rings. The monoisotopic (exact) mass is 545 g/mol. The number of nitrogens with one attached hydrogen (secondary N) is 2. The first-order valence-electron chi connectivity index (χ1n) is 14.6. The van der Waals surface area contributed by atoms with E-state index in [1.54, 1.807) is 24.3 Å². The Balaban J connectivity index is 1.16. The highest BCUT2D eigenvalue weighted by atomic mass is 16.2. The minimum atomic E-state index is -0.517. The van der Waals surface area contributed by atoms with E-state index in [-0.39, 0.29) is 49.0 Å². The van der Waals surface area contributed by atoms with E-state index in [0.29, 0.717) is 17.3 Å². The first-order chi connectivity index (χ1) is 19.5. The molecule has 1 aromatic heterocycles. The molecule has 0 bridgehead atoms. The van der Waals surface area contributed by atoms with Crippen LogP contribution in [-0.4, -0.2) is 51.0 Å². The molecule has 1 saturated heterocycles. The maximum Gasteiger partial charge on any atom is 0.331 e. The number of carbonyl (C=O) groups is 2. The van der Waals surface area contributed by atoms with Crippen molar-refractivity contribution in [2.24, 2.45) is 0 Å². The van der Waals surface area contributed by atoms with Crippen LogP contribution in [0.4, 0.5) is 0 Å². The highest BCUT2D eigenvalue weighted by molar-refractivity contribution is 5.81. The number of likely N-dealkylation sites (tertiary alicyclic amines) is 1. The minimum absolute atomic E-state index is 0.0633. The Hall–Kier alpha value is -3.72. The summed E-state index contributed by atoms with van der Waals surface area (Å²) in [5.41, 5.74) is 0.838. The van der Waals surface area contributed by atoms with Gasteiger partial charge in [-0.2, -0.15) is 0 Å². The molecule has 2 aromatic carbocycles. The molecule has 0 spiro atoms. The molecule has 2 N–H and O–H groups in total. The van der Waals surface area contributed by atoms with Crippen LogP contribution in [0, 0.1) is 0 Å². The van der Waals surface area contributed by atoms with Crippen LogP contribution in [0.1, 0.15) is 56.9 Å². The first-order valence-corrected chi connectivity index (χ1v) is 14.6. The fourth-order valence-corrected chi connectivity index (χ4v) is 5.98. The number of hydrogen-bond acceptors (Lipinski definition) is 5. The van der Waals surface area contributed by atoms with Crippen molar-refractivity contribution in [2.75, 3.05) is 13.1 Å². The number of piperidine rings is 1. The fourth-order valence-electron chi connectivity index (χ4n) is 5.98. The Labute approximate surface area is 234 Å². The predicted molar refractivity (Wildman–Crippen MR) is 155 cm³/mol.